The molecule has 0 amide bonds. The number of hydrogen-bond donors (Lipinski definition) is 2. The van der Waals surface area contributed by atoms with Crippen LogP contribution in [0.3, 0.4) is 0 Å². The number of ether oxygens (including phenoxy) is 2. The quantitative estimate of drug-likeness (QED) is 0.123. The van der Waals surface area contributed by atoms with Gasteiger partial charge in [0.05, 0.1) is 0 Å². The second kappa shape index (κ2) is 13.4. The van der Waals surface area contributed by atoms with Crippen molar-refractivity contribution in [1.82, 2.24) is 10.1 Å². The highest BCUT2D eigenvalue weighted by Gasteiger charge is 2.49. The van der Waals surface area contributed by atoms with Gasteiger partial charge in [0.2, 0.25) is 0 Å². The van der Waals surface area contributed by atoms with Crippen molar-refractivity contribution >= 4 is 11.9 Å². The van der Waals surface area contributed by atoms with Gasteiger partial charge in [0.15, 0.2) is 0 Å². The van der Waals surface area contributed by atoms with Crippen LogP contribution in [0, 0.1) is 0 Å². The van der Waals surface area contributed by atoms with E-state index in [-0.39, 0.29) is 24.1 Å². The van der Waals surface area contributed by atoms with Gasteiger partial charge < -0.3 is 9.47 Å². The summed E-state index contributed by atoms with van der Waals surface area (Å²) >= 11 is 0. The number of piperidine rings is 2. The number of carbonyl (C=O) groups is 2. The topological polar surface area (TPSA) is 118 Å². The summed E-state index contributed by atoms with van der Waals surface area (Å²) in [4.78, 5) is 34.0. The summed E-state index contributed by atoms with van der Waals surface area (Å²) in [5.41, 5.74) is -1.80. The standard InChI is InChI=1S/C28H52N2O8/c1-25(2)17-21(18-26(3,4)29(25)37-33)35-23(31)15-13-11-9-10-12-14-16-24(32)36-22-19-27(5,6)30(38-34)28(7,8)20-22/h21-22,33-34H,9-20H2,1-8H3. The molecule has 222 valence electrons. The molecule has 2 aliphatic rings. The van der Waals surface area contributed by atoms with Crippen LogP contribution in [0.15, 0.2) is 0 Å². The minimum Gasteiger partial charge on any atom is -0.462 e. The molecular formula is C28H52N2O8. The van der Waals surface area contributed by atoms with Gasteiger partial charge in [-0.2, -0.15) is 0 Å². The summed E-state index contributed by atoms with van der Waals surface area (Å²) in [6.45, 7) is 15.7. The molecule has 2 heterocycles. The summed E-state index contributed by atoms with van der Waals surface area (Å²) in [5, 5.41) is 21.7. The third-order valence-electron chi connectivity index (χ3n) is 7.88. The number of nitrogens with zero attached hydrogens (tertiary/aromatic N) is 2. The number of hydroxylamine groups is 4. The Bertz CT molecular complexity index is 683. The molecule has 0 aliphatic carbocycles. The third kappa shape index (κ3) is 9.13. The lowest BCUT2D eigenvalue weighted by atomic mass is 9.80. The fraction of sp³-hybridized carbons (Fsp3) is 0.929. The predicted molar refractivity (Wildman–Crippen MR) is 143 cm³/mol. The van der Waals surface area contributed by atoms with Crippen LogP contribution in [0.2, 0.25) is 0 Å². The van der Waals surface area contributed by atoms with Crippen molar-refractivity contribution in [3.05, 3.63) is 0 Å². The van der Waals surface area contributed by atoms with Gasteiger partial charge in [-0.25, -0.2) is 10.5 Å². The first-order valence-corrected chi connectivity index (χ1v) is 14.2. The minimum atomic E-state index is -0.451. The maximum absolute atomic E-state index is 12.4. The van der Waals surface area contributed by atoms with Crippen molar-refractivity contribution in [1.29, 1.82) is 0 Å². The van der Waals surface area contributed by atoms with Gasteiger partial charge in [-0.1, -0.05) is 25.7 Å². The fourth-order valence-electron chi connectivity index (χ4n) is 6.69. The van der Waals surface area contributed by atoms with E-state index < -0.39 is 22.2 Å². The van der Waals surface area contributed by atoms with Crippen molar-refractivity contribution in [2.24, 2.45) is 0 Å². The maximum Gasteiger partial charge on any atom is 0.306 e. The van der Waals surface area contributed by atoms with Crippen molar-refractivity contribution in [3.8, 4) is 0 Å². The number of esters is 2. The Hall–Kier alpha value is -1.30. The Labute approximate surface area is 228 Å². The number of carbonyl (C=O) groups excluding carboxylic acids is 2. The third-order valence-corrected chi connectivity index (χ3v) is 7.88. The van der Waals surface area contributed by atoms with Crippen molar-refractivity contribution in [2.75, 3.05) is 0 Å². The van der Waals surface area contributed by atoms with E-state index in [0.29, 0.717) is 38.5 Å². The van der Waals surface area contributed by atoms with E-state index in [1.165, 1.54) is 0 Å². The van der Waals surface area contributed by atoms with E-state index >= 15 is 0 Å². The summed E-state index contributed by atoms with van der Waals surface area (Å²) in [6.07, 6.45) is 8.26. The van der Waals surface area contributed by atoms with E-state index in [1.807, 2.05) is 55.4 Å². The van der Waals surface area contributed by atoms with E-state index in [0.717, 1.165) is 38.5 Å². The van der Waals surface area contributed by atoms with Crippen LogP contribution in [0.5, 0.6) is 0 Å². The lowest BCUT2D eigenvalue weighted by Crippen LogP contribution is -2.61. The average molecular weight is 545 g/mol. The highest BCUT2D eigenvalue weighted by Crippen LogP contribution is 2.40. The first-order chi connectivity index (χ1) is 17.5. The van der Waals surface area contributed by atoms with E-state index in [2.05, 4.69) is 9.98 Å². The molecule has 0 radical (unpaired) electrons. The Balaban J connectivity index is 1.57. The van der Waals surface area contributed by atoms with Crippen molar-refractivity contribution in [2.45, 2.75) is 167 Å². The molecule has 2 saturated heterocycles. The second-order valence-electron chi connectivity index (χ2n) is 13.7. The lowest BCUT2D eigenvalue weighted by molar-refractivity contribution is -0.455. The van der Waals surface area contributed by atoms with E-state index in [9.17, 15) is 20.1 Å². The molecular weight excluding hydrogens is 492 g/mol. The Morgan fingerprint density at radius 1 is 0.579 bits per heavy atom. The highest BCUT2D eigenvalue weighted by molar-refractivity contribution is 5.69. The Morgan fingerprint density at radius 2 is 0.842 bits per heavy atom. The zero-order valence-corrected chi connectivity index (χ0v) is 24.9. The van der Waals surface area contributed by atoms with E-state index in [1.54, 1.807) is 10.1 Å². The van der Waals surface area contributed by atoms with Gasteiger partial charge in [0.25, 0.3) is 0 Å². The van der Waals surface area contributed by atoms with Gasteiger partial charge in [-0.3, -0.25) is 9.59 Å². The number of hydrogen-bond acceptors (Lipinski definition) is 10. The molecule has 0 spiro atoms. The number of rotatable bonds is 13. The normalized spacial score (nSPS) is 23.7. The Morgan fingerprint density at radius 3 is 1.11 bits per heavy atom. The highest BCUT2D eigenvalue weighted by atomic mass is 17.2. The average Bonchev–Trinajstić information content (AvgIpc) is 2.72. The molecule has 2 N–H and O–H groups in total. The van der Waals surface area contributed by atoms with Crippen LogP contribution in [-0.4, -0.2) is 66.9 Å². The predicted octanol–water partition coefficient (Wildman–Crippen LogP) is 6.05. The van der Waals surface area contributed by atoms with Crippen molar-refractivity contribution in [3.63, 3.8) is 0 Å². The lowest BCUT2D eigenvalue weighted by Gasteiger charge is -2.51. The first kappa shape index (κ1) is 32.9. The largest absolute Gasteiger partial charge is 0.462 e. The SMILES string of the molecule is CC1(C)CC(OC(=O)CCCCCCCCC(=O)OC2CC(C)(C)N(OO)C(C)(C)C2)CC(C)(C)N1OO. The zero-order chi connectivity index (χ0) is 28.8. The first-order valence-electron chi connectivity index (χ1n) is 14.2. The zero-order valence-electron chi connectivity index (χ0n) is 24.9. The molecule has 0 aromatic carbocycles. The fourth-order valence-corrected chi connectivity index (χ4v) is 6.69. The summed E-state index contributed by atoms with van der Waals surface area (Å²) in [6, 6.07) is 0. The molecule has 10 nitrogen and oxygen atoms in total. The van der Waals surface area contributed by atoms with Crippen LogP contribution in [0.25, 0.3) is 0 Å². The molecule has 0 saturated carbocycles. The van der Waals surface area contributed by atoms with E-state index in [4.69, 9.17) is 9.47 Å². The summed E-state index contributed by atoms with van der Waals surface area (Å²) in [7, 11) is 0. The van der Waals surface area contributed by atoms with Gasteiger partial charge in [0.1, 0.15) is 12.2 Å². The molecule has 0 bridgehead atoms. The molecule has 0 atom stereocenters. The number of unbranched alkanes of at least 4 members (excludes halogenated alkanes) is 5. The summed E-state index contributed by atoms with van der Waals surface area (Å²) < 4.78 is 11.5. The minimum absolute atomic E-state index is 0.176. The van der Waals surface area contributed by atoms with Gasteiger partial charge >= 0.3 is 11.9 Å². The molecule has 2 rings (SSSR count). The van der Waals surface area contributed by atoms with Crippen LogP contribution < -0.4 is 0 Å². The maximum atomic E-state index is 12.4. The Kier molecular flexibility index (Phi) is 11.6. The smallest absolute Gasteiger partial charge is 0.306 e. The molecule has 2 fully saturated rings. The molecule has 38 heavy (non-hydrogen) atoms. The molecule has 0 aromatic heterocycles. The molecule has 0 aromatic rings. The van der Waals surface area contributed by atoms with Gasteiger partial charge in [-0.15, -0.1) is 20.1 Å². The summed E-state index contributed by atoms with van der Waals surface area (Å²) in [5.74, 6) is -0.351. The van der Waals surface area contributed by atoms with Crippen LogP contribution in [0.1, 0.15) is 132 Å². The molecule has 0 unspecified atom stereocenters. The van der Waals surface area contributed by atoms with Gasteiger partial charge in [-0.05, 0) is 68.2 Å². The van der Waals surface area contributed by atoms with Crippen LogP contribution in [-0.2, 0) is 29.0 Å². The molecule has 2 aliphatic heterocycles. The van der Waals surface area contributed by atoms with Crippen LogP contribution >= 0.6 is 0 Å². The van der Waals surface area contributed by atoms with Crippen molar-refractivity contribution < 1.29 is 39.6 Å². The second-order valence-corrected chi connectivity index (χ2v) is 13.7. The molecule has 10 heteroatoms. The van der Waals surface area contributed by atoms with Crippen LogP contribution in [0.4, 0.5) is 0 Å². The van der Waals surface area contributed by atoms with Gasteiger partial charge in [0, 0.05) is 60.7 Å². The monoisotopic (exact) mass is 544 g/mol.